The molecule has 138 valence electrons. The summed E-state index contributed by atoms with van der Waals surface area (Å²) in [6.07, 6.45) is 3.92. The Morgan fingerprint density at radius 2 is 1.93 bits per heavy atom. The van der Waals surface area contributed by atoms with E-state index in [2.05, 4.69) is 43.8 Å². The number of halogens is 1. The minimum atomic E-state index is -0.411. The third kappa shape index (κ3) is 2.71. The molecular weight excluding hydrogens is 442 g/mol. The molecule has 2 aromatic carbocycles. The van der Waals surface area contributed by atoms with Gasteiger partial charge in [-0.2, -0.15) is 5.10 Å². The molecule has 3 heterocycles. The first-order valence-corrected chi connectivity index (χ1v) is 9.96. The molecule has 0 atom stereocenters. The maximum atomic E-state index is 10.8. The molecule has 0 saturated carbocycles. The first-order valence-electron chi connectivity index (χ1n) is 8.35. The Balaban J connectivity index is 1.56. The summed E-state index contributed by atoms with van der Waals surface area (Å²) in [5, 5.41) is 17.5. The number of rotatable bonds is 3. The quantitative estimate of drug-likeness (QED) is 0.274. The molecule has 0 radical (unpaired) electrons. The van der Waals surface area contributed by atoms with Crippen molar-refractivity contribution < 1.29 is 4.92 Å². The Bertz CT molecular complexity index is 1340. The first-order chi connectivity index (χ1) is 13.5. The van der Waals surface area contributed by atoms with E-state index in [4.69, 9.17) is 5.10 Å². The molecule has 0 unspecified atom stereocenters. The SMILES string of the molecule is Cn1cc(-c2nn3cc(-c4ccc([N+](=O)[O-])cc4)nc3s2)c2cc(Br)ccc21. The largest absolute Gasteiger partial charge is 0.350 e. The van der Waals surface area contributed by atoms with Crippen LogP contribution in [0, 0.1) is 10.1 Å². The van der Waals surface area contributed by atoms with Crippen LogP contribution in [0.15, 0.2) is 59.3 Å². The van der Waals surface area contributed by atoms with Gasteiger partial charge in [0.25, 0.3) is 5.69 Å². The second-order valence-corrected chi connectivity index (χ2v) is 8.25. The van der Waals surface area contributed by atoms with Crippen molar-refractivity contribution in [2.45, 2.75) is 0 Å². The molecule has 0 aliphatic rings. The van der Waals surface area contributed by atoms with Gasteiger partial charge < -0.3 is 4.57 Å². The number of imidazole rings is 1. The average molecular weight is 454 g/mol. The molecule has 0 aliphatic heterocycles. The van der Waals surface area contributed by atoms with Gasteiger partial charge in [0.15, 0.2) is 0 Å². The highest BCUT2D eigenvalue weighted by atomic mass is 79.9. The van der Waals surface area contributed by atoms with Crippen LogP contribution in [0.5, 0.6) is 0 Å². The molecule has 9 heteroatoms. The van der Waals surface area contributed by atoms with Crippen molar-refractivity contribution >= 4 is 48.8 Å². The number of hydrogen-bond acceptors (Lipinski definition) is 5. The Morgan fingerprint density at radius 3 is 2.64 bits per heavy atom. The zero-order chi connectivity index (χ0) is 19.4. The molecular formula is C19H12BrN5O2S. The van der Waals surface area contributed by atoms with E-state index in [1.54, 1.807) is 16.6 Å². The minimum Gasteiger partial charge on any atom is -0.350 e. The number of nitro benzene ring substituents is 1. The summed E-state index contributed by atoms with van der Waals surface area (Å²) < 4.78 is 4.87. The molecule has 7 nitrogen and oxygen atoms in total. The van der Waals surface area contributed by atoms with Crippen molar-refractivity contribution in [3.63, 3.8) is 0 Å². The maximum absolute atomic E-state index is 10.8. The predicted octanol–water partition coefficient (Wildman–Crippen LogP) is 5.29. The van der Waals surface area contributed by atoms with E-state index in [-0.39, 0.29) is 5.69 Å². The number of non-ortho nitro benzene ring substituents is 1. The molecule has 3 aromatic heterocycles. The highest BCUT2D eigenvalue weighted by molar-refractivity contribution is 9.10. The lowest BCUT2D eigenvalue weighted by Gasteiger charge is -1.97. The van der Waals surface area contributed by atoms with E-state index in [1.165, 1.54) is 23.5 Å². The van der Waals surface area contributed by atoms with Gasteiger partial charge in [0.05, 0.1) is 16.8 Å². The lowest BCUT2D eigenvalue weighted by Crippen LogP contribution is -1.87. The number of benzene rings is 2. The molecule has 0 spiro atoms. The van der Waals surface area contributed by atoms with Gasteiger partial charge in [-0.1, -0.05) is 27.3 Å². The van der Waals surface area contributed by atoms with Crippen LogP contribution in [0.3, 0.4) is 0 Å². The van der Waals surface area contributed by atoms with E-state index in [0.717, 1.165) is 42.2 Å². The fourth-order valence-corrected chi connectivity index (χ4v) is 4.50. The molecule has 5 rings (SSSR count). The van der Waals surface area contributed by atoms with Crippen LogP contribution in [0.4, 0.5) is 5.69 Å². The second kappa shape index (κ2) is 6.25. The number of nitrogens with zero attached hydrogens (tertiary/aromatic N) is 5. The van der Waals surface area contributed by atoms with Crippen molar-refractivity contribution in [3.8, 4) is 21.8 Å². The molecule has 0 N–H and O–H groups in total. The Hall–Kier alpha value is -3.04. The number of hydrogen-bond donors (Lipinski definition) is 0. The standard InChI is InChI=1S/C19H12BrN5O2S/c1-23-9-15(14-8-12(20)4-7-17(14)23)18-22-24-10-16(21-19(24)28-18)11-2-5-13(6-3-11)25(26)27/h2-10H,1H3. The maximum Gasteiger partial charge on any atom is 0.269 e. The van der Waals surface area contributed by atoms with Crippen molar-refractivity contribution in [2.75, 3.05) is 0 Å². The lowest BCUT2D eigenvalue weighted by molar-refractivity contribution is -0.384. The molecule has 0 amide bonds. The highest BCUT2D eigenvalue weighted by Crippen LogP contribution is 2.35. The van der Waals surface area contributed by atoms with E-state index < -0.39 is 4.92 Å². The van der Waals surface area contributed by atoms with Gasteiger partial charge in [-0.15, -0.1) is 0 Å². The third-order valence-electron chi connectivity index (χ3n) is 4.60. The smallest absolute Gasteiger partial charge is 0.269 e. The van der Waals surface area contributed by atoms with Gasteiger partial charge in [0.1, 0.15) is 5.01 Å². The van der Waals surface area contributed by atoms with E-state index in [0.29, 0.717) is 0 Å². The van der Waals surface area contributed by atoms with Crippen LogP contribution < -0.4 is 0 Å². The summed E-state index contributed by atoms with van der Waals surface area (Å²) in [4.78, 5) is 15.8. The van der Waals surface area contributed by atoms with Gasteiger partial charge in [-0.25, -0.2) is 9.50 Å². The van der Waals surface area contributed by atoms with Gasteiger partial charge in [0, 0.05) is 51.9 Å². The summed E-state index contributed by atoms with van der Waals surface area (Å²) in [6.45, 7) is 0. The monoisotopic (exact) mass is 453 g/mol. The van der Waals surface area contributed by atoms with Crippen molar-refractivity contribution in [1.82, 2.24) is 19.2 Å². The van der Waals surface area contributed by atoms with E-state index in [9.17, 15) is 10.1 Å². The summed E-state index contributed by atoms with van der Waals surface area (Å²) in [7, 11) is 2.02. The van der Waals surface area contributed by atoms with Gasteiger partial charge in [-0.3, -0.25) is 10.1 Å². The fraction of sp³-hybridized carbons (Fsp3) is 0.0526. The number of fused-ring (bicyclic) bond motifs is 2. The molecule has 0 bridgehead atoms. The minimum absolute atomic E-state index is 0.0623. The summed E-state index contributed by atoms with van der Waals surface area (Å²) in [5.74, 6) is 0. The Labute approximate surface area is 171 Å². The predicted molar refractivity (Wildman–Crippen MR) is 113 cm³/mol. The van der Waals surface area contributed by atoms with Gasteiger partial charge in [-0.05, 0) is 30.3 Å². The van der Waals surface area contributed by atoms with Crippen LogP contribution in [0.2, 0.25) is 0 Å². The Kier molecular flexibility index (Phi) is 3.81. The molecule has 0 aliphatic carbocycles. The number of nitro groups is 1. The van der Waals surface area contributed by atoms with Gasteiger partial charge >= 0.3 is 0 Å². The zero-order valence-corrected chi connectivity index (χ0v) is 16.9. The molecule has 0 fully saturated rings. The van der Waals surface area contributed by atoms with Crippen LogP contribution in [-0.4, -0.2) is 24.1 Å². The van der Waals surface area contributed by atoms with Crippen LogP contribution >= 0.6 is 27.3 Å². The van der Waals surface area contributed by atoms with E-state index in [1.807, 2.05) is 19.3 Å². The zero-order valence-electron chi connectivity index (χ0n) is 14.5. The summed E-state index contributed by atoms with van der Waals surface area (Å²) in [6, 6.07) is 12.6. The van der Waals surface area contributed by atoms with Gasteiger partial charge in [0.2, 0.25) is 4.96 Å². The molecule has 5 aromatic rings. The number of aryl methyl sites for hydroxylation is 1. The highest BCUT2D eigenvalue weighted by Gasteiger charge is 2.16. The third-order valence-corrected chi connectivity index (χ3v) is 6.05. The molecule has 28 heavy (non-hydrogen) atoms. The second-order valence-electron chi connectivity index (χ2n) is 6.38. The molecule has 0 saturated heterocycles. The summed E-state index contributed by atoms with van der Waals surface area (Å²) >= 11 is 5.05. The lowest BCUT2D eigenvalue weighted by atomic mass is 10.1. The average Bonchev–Trinajstić information content (AvgIpc) is 3.33. The van der Waals surface area contributed by atoms with E-state index >= 15 is 0 Å². The number of aromatic nitrogens is 4. The normalized spacial score (nSPS) is 11.5. The topological polar surface area (TPSA) is 78.3 Å². The van der Waals surface area contributed by atoms with Crippen molar-refractivity contribution in [2.24, 2.45) is 7.05 Å². The van der Waals surface area contributed by atoms with Crippen LogP contribution in [0.1, 0.15) is 0 Å². The first kappa shape index (κ1) is 17.1. The van der Waals surface area contributed by atoms with Crippen LogP contribution in [0.25, 0.3) is 37.7 Å². The Morgan fingerprint density at radius 1 is 1.14 bits per heavy atom. The van der Waals surface area contributed by atoms with Crippen molar-refractivity contribution in [3.05, 3.63) is 69.4 Å². The van der Waals surface area contributed by atoms with Crippen molar-refractivity contribution in [1.29, 1.82) is 0 Å². The fourth-order valence-electron chi connectivity index (χ4n) is 3.24. The van der Waals surface area contributed by atoms with Crippen LogP contribution in [-0.2, 0) is 7.05 Å². The summed E-state index contributed by atoms with van der Waals surface area (Å²) in [5.41, 5.74) is 3.82.